The van der Waals surface area contributed by atoms with E-state index in [0.717, 1.165) is 22.3 Å². The molecule has 0 unspecified atom stereocenters. The Morgan fingerprint density at radius 3 is 1.43 bits per heavy atom. The first kappa shape index (κ1) is 19.2. The average Bonchev–Trinajstić information content (AvgIpc) is 3.69. The van der Waals surface area contributed by atoms with E-state index < -0.39 is 72.0 Å². The van der Waals surface area contributed by atoms with Crippen LogP contribution in [0.3, 0.4) is 0 Å². The van der Waals surface area contributed by atoms with Crippen LogP contribution in [0.1, 0.15) is 15.1 Å². The third-order valence-electron chi connectivity index (χ3n) is 8.17. The third kappa shape index (κ3) is 5.45. The van der Waals surface area contributed by atoms with Crippen LogP contribution in [0.25, 0.3) is 89.5 Å². The zero-order chi connectivity index (χ0) is 42.1. The van der Waals surface area contributed by atoms with Crippen molar-refractivity contribution in [1.82, 2.24) is 15.0 Å². The first-order valence-electron chi connectivity index (χ1n) is 21.0. The summed E-state index contributed by atoms with van der Waals surface area (Å²) in [6.45, 7) is 0. The van der Waals surface area contributed by atoms with Gasteiger partial charge in [0.25, 0.3) is 0 Å². The molecule has 2 aromatic heterocycles. The van der Waals surface area contributed by atoms with Gasteiger partial charge in [0.2, 0.25) is 0 Å². The van der Waals surface area contributed by atoms with Crippen LogP contribution in [-0.4, -0.2) is 15.0 Å². The van der Waals surface area contributed by atoms with Gasteiger partial charge in [0.15, 0.2) is 17.5 Å². The molecule has 0 N–H and O–H groups in total. The quantitative estimate of drug-likeness (QED) is 0.182. The van der Waals surface area contributed by atoms with E-state index in [2.05, 4.69) is 0 Å². The Bertz CT molecular complexity index is 3060. The van der Waals surface area contributed by atoms with Crippen molar-refractivity contribution >= 4 is 21.9 Å². The first-order valence-corrected chi connectivity index (χ1v) is 15.5. The van der Waals surface area contributed by atoms with Crippen molar-refractivity contribution in [2.45, 2.75) is 0 Å². The number of para-hydroxylation sites is 1. The molecule has 2 heterocycles. The molecule has 0 bridgehead atoms. The predicted octanol–water partition coefficient (Wildman–Crippen LogP) is 11.8. The van der Waals surface area contributed by atoms with Gasteiger partial charge >= 0.3 is 0 Å². The van der Waals surface area contributed by atoms with Gasteiger partial charge in [-0.1, -0.05) is 158 Å². The summed E-state index contributed by atoms with van der Waals surface area (Å²) in [4.78, 5) is 14.5. The van der Waals surface area contributed by atoms with Crippen molar-refractivity contribution in [3.63, 3.8) is 0 Å². The molecular formula is C45H29N3O. The number of rotatable bonds is 6. The lowest BCUT2D eigenvalue weighted by Crippen LogP contribution is -2.00. The molecule has 9 aromatic rings. The standard InChI is InChI=1S/C45H29N3O/c1-4-12-30(13-5-1)32-20-24-35(25-21-32)43-46-44(36-26-22-33(23-27-36)31-14-6-2-7-15-31)48-45(47-43)37-28-39(34-16-8-3-9-17-34)42-40(29-37)38-18-10-11-19-41(38)49-42/h1-29H/i3D,8D,9D,10D,11D,16D,17D,18D,19D,28D,29D. The topological polar surface area (TPSA) is 51.8 Å². The molecule has 0 amide bonds. The van der Waals surface area contributed by atoms with Crippen LogP contribution < -0.4 is 0 Å². The summed E-state index contributed by atoms with van der Waals surface area (Å²) in [6, 6.07) is 28.0. The van der Waals surface area contributed by atoms with E-state index in [1.54, 1.807) is 0 Å². The maximum atomic E-state index is 9.71. The van der Waals surface area contributed by atoms with Crippen molar-refractivity contribution in [2.24, 2.45) is 0 Å². The van der Waals surface area contributed by atoms with E-state index in [-0.39, 0.29) is 50.5 Å². The molecule has 0 spiro atoms. The van der Waals surface area contributed by atoms with Gasteiger partial charge in [0.05, 0.1) is 15.1 Å². The molecule has 9 rings (SSSR count). The summed E-state index contributed by atoms with van der Waals surface area (Å²) < 4.78 is 103. The summed E-state index contributed by atoms with van der Waals surface area (Å²) in [5.74, 6) is 0.197. The first-order chi connectivity index (χ1) is 28.8. The zero-order valence-corrected chi connectivity index (χ0v) is 25.6. The lowest BCUT2D eigenvalue weighted by atomic mass is 9.98. The molecule has 7 aromatic carbocycles. The van der Waals surface area contributed by atoms with Crippen molar-refractivity contribution in [3.05, 3.63) is 176 Å². The van der Waals surface area contributed by atoms with Crippen LogP contribution >= 0.6 is 0 Å². The molecular weight excluding hydrogens is 599 g/mol. The van der Waals surface area contributed by atoms with Gasteiger partial charge < -0.3 is 4.42 Å². The minimum absolute atomic E-state index is 0.171. The number of furan rings is 1. The van der Waals surface area contributed by atoms with Gasteiger partial charge in [-0.15, -0.1) is 0 Å². The smallest absolute Gasteiger partial charge is 0.164 e. The molecule has 230 valence electrons. The largest absolute Gasteiger partial charge is 0.455 e. The molecule has 0 atom stereocenters. The SMILES string of the molecule is [2H]c1c([2H])c([2H])c(-c2c([2H])c(-c3nc(-c4ccc(-c5ccccc5)cc4)nc(-c4ccc(-c5ccccc5)cc4)n3)c([2H])c3c2oc2c([2H])c([2H])c([2H])c([2H])c23)c([2H])c1[2H]. The maximum Gasteiger partial charge on any atom is 0.164 e. The van der Waals surface area contributed by atoms with E-state index in [0.29, 0.717) is 11.1 Å². The Hall–Kier alpha value is -6.65. The highest BCUT2D eigenvalue weighted by Crippen LogP contribution is 2.39. The van der Waals surface area contributed by atoms with Gasteiger partial charge in [-0.05, 0) is 45.9 Å². The van der Waals surface area contributed by atoms with Gasteiger partial charge in [-0.2, -0.15) is 0 Å². The highest BCUT2D eigenvalue weighted by molar-refractivity contribution is 6.11. The monoisotopic (exact) mass is 638 g/mol. The highest BCUT2D eigenvalue weighted by Gasteiger charge is 2.18. The second kappa shape index (κ2) is 12.2. The lowest BCUT2D eigenvalue weighted by Gasteiger charge is -2.11. The zero-order valence-electron chi connectivity index (χ0n) is 36.6. The number of hydrogen-bond acceptors (Lipinski definition) is 4. The number of fused-ring (bicyclic) bond motifs is 3. The number of aromatic nitrogens is 3. The lowest BCUT2D eigenvalue weighted by molar-refractivity contribution is 0.670. The Kier molecular flexibility index (Phi) is 4.78. The van der Waals surface area contributed by atoms with Crippen LogP contribution in [0.15, 0.2) is 180 Å². The Balaban J connectivity index is 1.36. The fourth-order valence-electron chi connectivity index (χ4n) is 5.75. The van der Waals surface area contributed by atoms with Crippen molar-refractivity contribution < 1.29 is 19.5 Å². The number of nitrogens with zero attached hydrogens (tertiary/aromatic N) is 3. The van der Waals surface area contributed by atoms with E-state index in [4.69, 9.17) is 31.7 Å². The predicted molar refractivity (Wildman–Crippen MR) is 200 cm³/mol. The van der Waals surface area contributed by atoms with Crippen LogP contribution in [0.4, 0.5) is 0 Å². The van der Waals surface area contributed by atoms with Crippen LogP contribution in [0.2, 0.25) is 0 Å². The molecule has 0 radical (unpaired) electrons. The van der Waals surface area contributed by atoms with Gasteiger partial charge in [-0.3, -0.25) is 0 Å². The number of benzene rings is 7. The number of hydrogen-bond donors (Lipinski definition) is 0. The fourth-order valence-corrected chi connectivity index (χ4v) is 5.75. The molecule has 0 saturated carbocycles. The summed E-state index contributed by atoms with van der Waals surface area (Å²) in [5, 5.41) is -0.355. The summed E-state index contributed by atoms with van der Waals surface area (Å²) >= 11 is 0. The van der Waals surface area contributed by atoms with Crippen molar-refractivity contribution in [3.8, 4) is 67.5 Å². The van der Waals surface area contributed by atoms with E-state index in [9.17, 15) is 2.74 Å². The van der Waals surface area contributed by atoms with Gasteiger partial charge in [0, 0.05) is 33.0 Å². The van der Waals surface area contributed by atoms with E-state index in [1.165, 1.54) is 0 Å². The third-order valence-corrected chi connectivity index (χ3v) is 8.17. The molecule has 0 aliphatic carbocycles. The normalized spacial score (nSPS) is 14.4. The van der Waals surface area contributed by atoms with Crippen LogP contribution in [-0.2, 0) is 0 Å². The molecule has 4 nitrogen and oxygen atoms in total. The minimum atomic E-state index is -0.682. The highest BCUT2D eigenvalue weighted by atomic mass is 16.3. The summed E-state index contributed by atoms with van der Waals surface area (Å²) in [7, 11) is 0. The average molecular weight is 639 g/mol. The van der Waals surface area contributed by atoms with Crippen LogP contribution in [0.5, 0.6) is 0 Å². The van der Waals surface area contributed by atoms with Gasteiger partial charge in [0.1, 0.15) is 11.2 Å². The Morgan fingerprint density at radius 2 is 0.857 bits per heavy atom. The molecule has 0 fully saturated rings. The minimum Gasteiger partial charge on any atom is -0.455 e. The summed E-state index contributed by atoms with van der Waals surface area (Å²) in [6.07, 6.45) is 0. The second-order valence-electron chi connectivity index (χ2n) is 11.2. The Labute approximate surface area is 299 Å². The molecule has 0 aliphatic heterocycles. The maximum absolute atomic E-state index is 9.71. The molecule has 49 heavy (non-hydrogen) atoms. The van der Waals surface area contributed by atoms with Gasteiger partial charge in [-0.25, -0.2) is 15.0 Å². The molecule has 0 saturated heterocycles. The summed E-state index contributed by atoms with van der Waals surface area (Å²) in [5.41, 5.74) is 3.38. The van der Waals surface area contributed by atoms with Crippen molar-refractivity contribution in [1.29, 1.82) is 0 Å². The fraction of sp³-hybridized carbons (Fsp3) is 0. The Morgan fingerprint density at radius 1 is 0.388 bits per heavy atom. The van der Waals surface area contributed by atoms with Crippen LogP contribution in [0, 0.1) is 0 Å². The molecule has 4 heteroatoms. The van der Waals surface area contributed by atoms with Crippen molar-refractivity contribution in [2.75, 3.05) is 0 Å². The van der Waals surface area contributed by atoms with E-state index in [1.807, 2.05) is 109 Å². The van der Waals surface area contributed by atoms with E-state index >= 15 is 0 Å². The second-order valence-corrected chi connectivity index (χ2v) is 11.2. The molecule has 0 aliphatic rings.